The summed E-state index contributed by atoms with van der Waals surface area (Å²) in [5, 5.41) is 2.61. The van der Waals surface area contributed by atoms with Crippen LogP contribution in [0.15, 0.2) is 174 Å². The second kappa shape index (κ2) is 12.9. The van der Waals surface area contributed by atoms with E-state index in [0.29, 0.717) is 0 Å². The van der Waals surface area contributed by atoms with E-state index in [4.69, 9.17) is 0 Å². The van der Waals surface area contributed by atoms with Gasteiger partial charge in [-0.05, 0) is 148 Å². The summed E-state index contributed by atoms with van der Waals surface area (Å²) in [4.78, 5) is 10.1. The highest BCUT2D eigenvalue weighted by molar-refractivity contribution is 7.99. The van der Waals surface area contributed by atoms with Crippen LogP contribution in [0.1, 0.15) is 50.8 Å². The molecule has 1 aliphatic carbocycles. The SMILES string of the molecule is Cc1cc2c3c(c1)N1c4ccccc4Sc4ccccc4N(c4ccc5sc6ccccc6c5c4)c4ccc(c1c4)B3c1cc3c(cc1N2c1ccccc1)C(C)(C)CC3(C)C. The topological polar surface area (TPSA) is 9.72 Å². The molecule has 0 saturated carbocycles. The van der Waals surface area contributed by atoms with Gasteiger partial charge < -0.3 is 14.7 Å². The highest BCUT2D eigenvalue weighted by Gasteiger charge is 2.48. The smallest absolute Gasteiger partial charge is 0.252 e. The lowest BCUT2D eigenvalue weighted by Gasteiger charge is -2.45. The summed E-state index contributed by atoms with van der Waals surface area (Å²) in [6, 6.07) is 62.4. The number of hydrogen-bond acceptors (Lipinski definition) is 5. The molecule has 4 aliphatic rings. The van der Waals surface area contributed by atoms with Crippen LogP contribution in [-0.4, -0.2) is 6.71 Å². The van der Waals surface area contributed by atoms with Gasteiger partial charge in [-0.3, -0.25) is 0 Å². The van der Waals surface area contributed by atoms with E-state index >= 15 is 0 Å². The molecule has 0 saturated heterocycles. The average molecular weight is 834 g/mol. The van der Waals surface area contributed by atoms with Gasteiger partial charge in [-0.2, -0.15) is 0 Å². The van der Waals surface area contributed by atoms with Crippen LogP contribution in [0.4, 0.5) is 51.2 Å². The first-order valence-corrected chi connectivity index (χ1v) is 23.5. The Morgan fingerprint density at radius 3 is 1.82 bits per heavy atom. The summed E-state index contributed by atoms with van der Waals surface area (Å²) in [7, 11) is 0. The standard InChI is InChI=1S/C56H44BN3S2/c1-34-27-48-54-49(28-34)60-45-19-11-14-22-53(45)62-52-21-13-10-18-44(52)58(36-24-26-51-39(29-36)38-17-9-12-20-50(38)61-51)37-23-25-42(46(60)30-37)57(54)43-31-40-41(56(4,5)33-55(40,2)3)32-47(43)59(48)35-15-7-6-8-16-35/h6-32H,33H2,1-5H3. The van der Waals surface area contributed by atoms with E-state index < -0.39 is 0 Å². The summed E-state index contributed by atoms with van der Waals surface area (Å²) in [6.45, 7) is 12.1. The Labute approximate surface area is 372 Å². The lowest BCUT2D eigenvalue weighted by molar-refractivity contribution is 0.403. The third kappa shape index (κ3) is 5.14. The maximum atomic E-state index is 2.62. The fourth-order valence-electron chi connectivity index (χ4n) is 11.7. The van der Waals surface area contributed by atoms with Crippen LogP contribution in [0.25, 0.3) is 20.2 Å². The normalized spacial score (nSPS) is 16.1. The van der Waals surface area contributed by atoms with Gasteiger partial charge in [-0.15, -0.1) is 11.3 Å². The molecule has 9 aromatic rings. The zero-order valence-electron chi connectivity index (χ0n) is 35.5. The molecule has 298 valence electrons. The minimum absolute atomic E-state index is 0.0395. The first-order valence-electron chi connectivity index (χ1n) is 21.8. The van der Waals surface area contributed by atoms with Gasteiger partial charge in [0.2, 0.25) is 0 Å². The predicted octanol–water partition coefficient (Wildman–Crippen LogP) is 14.3. The molecular formula is C56H44BN3S2. The van der Waals surface area contributed by atoms with Crippen molar-refractivity contribution in [1.82, 2.24) is 0 Å². The molecule has 3 nitrogen and oxygen atoms in total. The number of hydrogen-bond donors (Lipinski definition) is 0. The highest BCUT2D eigenvalue weighted by atomic mass is 32.2. The Balaban J connectivity index is 1.12. The van der Waals surface area contributed by atoms with E-state index in [0.717, 1.165) is 17.8 Å². The molecule has 1 aromatic heterocycles. The number of benzene rings is 8. The second-order valence-corrected chi connectivity index (χ2v) is 21.1. The predicted molar refractivity (Wildman–Crippen MR) is 268 cm³/mol. The molecule has 62 heavy (non-hydrogen) atoms. The molecule has 0 spiro atoms. The van der Waals surface area contributed by atoms with Crippen LogP contribution in [0.5, 0.6) is 0 Å². The first kappa shape index (κ1) is 36.4. The summed E-state index contributed by atoms with van der Waals surface area (Å²) in [6.07, 6.45) is 1.12. The molecule has 0 amide bonds. The van der Waals surface area contributed by atoms with Crippen molar-refractivity contribution in [3.8, 4) is 0 Å². The molecule has 3 aliphatic heterocycles. The van der Waals surface area contributed by atoms with Gasteiger partial charge in [0.25, 0.3) is 6.71 Å². The van der Waals surface area contributed by atoms with E-state index in [1.54, 1.807) is 0 Å². The molecule has 0 radical (unpaired) electrons. The molecule has 13 rings (SSSR count). The van der Waals surface area contributed by atoms with Crippen LogP contribution in [-0.2, 0) is 10.8 Å². The Hall–Kier alpha value is -6.21. The van der Waals surface area contributed by atoms with Gasteiger partial charge in [-0.25, -0.2) is 0 Å². The fourth-order valence-corrected chi connectivity index (χ4v) is 13.8. The summed E-state index contributed by atoms with van der Waals surface area (Å²) in [5.41, 5.74) is 19.3. The summed E-state index contributed by atoms with van der Waals surface area (Å²) in [5.74, 6) is 0. The van der Waals surface area contributed by atoms with Crippen LogP contribution in [0.3, 0.4) is 0 Å². The number of para-hydroxylation sites is 3. The quantitative estimate of drug-likeness (QED) is 0.160. The lowest BCUT2D eigenvalue weighted by atomic mass is 9.33. The molecule has 0 N–H and O–H groups in total. The molecular weight excluding hydrogens is 790 g/mol. The van der Waals surface area contributed by atoms with E-state index in [2.05, 4.69) is 213 Å². The first-order chi connectivity index (χ1) is 30.1. The van der Waals surface area contributed by atoms with Crippen molar-refractivity contribution in [3.63, 3.8) is 0 Å². The van der Waals surface area contributed by atoms with Gasteiger partial charge in [0.1, 0.15) is 0 Å². The lowest BCUT2D eigenvalue weighted by Crippen LogP contribution is -2.61. The number of anilines is 9. The largest absolute Gasteiger partial charge is 0.311 e. The summed E-state index contributed by atoms with van der Waals surface area (Å²) < 4.78 is 2.63. The van der Waals surface area contributed by atoms with Crippen molar-refractivity contribution in [2.45, 2.75) is 61.7 Å². The Bertz CT molecular complexity index is 3370. The molecule has 0 atom stereocenters. The van der Waals surface area contributed by atoms with Crippen molar-refractivity contribution in [2.24, 2.45) is 0 Å². The number of nitrogens with zero attached hydrogens (tertiary/aromatic N) is 3. The molecule has 0 unspecified atom stereocenters. The monoisotopic (exact) mass is 833 g/mol. The Morgan fingerprint density at radius 2 is 1.05 bits per heavy atom. The number of aryl methyl sites for hydroxylation is 1. The van der Waals surface area contributed by atoms with E-state index in [1.165, 1.54) is 103 Å². The van der Waals surface area contributed by atoms with Gasteiger partial charge >= 0.3 is 0 Å². The fraction of sp³-hybridized carbons (Fsp3) is 0.143. The Morgan fingerprint density at radius 1 is 0.452 bits per heavy atom. The number of rotatable bonds is 2. The van der Waals surface area contributed by atoms with Crippen molar-refractivity contribution >= 4 is 118 Å². The second-order valence-electron chi connectivity index (χ2n) is 19.0. The minimum Gasteiger partial charge on any atom is -0.311 e. The zero-order chi connectivity index (χ0) is 41.6. The average Bonchev–Trinajstić information content (AvgIpc) is 3.73. The van der Waals surface area contributed by atoms with Gasteiger partial charge in [0.05, 0.1) is 11.4 Å². The van der Waals surface area contributed by atoms with Crippen molar-refractivity contribution in [2.75, 3.05) is 14.7 Å². The molecule has 8 aromatic carbocycles. The molecule has 4 heterocycles. The zero-order valence-corrected chi connectivity index (χ0v) is 37.2. The number of thiophene rings is 1. The third-order valence-electron chi connectivity index (χ3n) is 14.0. The summed E-state index contributed by atoms with van der Waals surface area (Å²) >= 11 is 3.74. The molecule has 6 heteroatoms. The maximum Gasteiger partial charge on any atom is 0.252 e. The van der Waals surface area contributed by atoms with Crippen molar-refractivity contribution < 1.29 is 0 Å². The van der Waals surface area contributed by atoms with E-state index in [1.807, 2.05) is 23.1 Å². The van der Waals surface area contributed by atoms with Crippen LogP contribution >= 0.6 is 23.1 Å². The van der Waals surface area contributed by atoms with Crippen molar-refractivity contribution in [3.05, 3.63) is 180 Å². The van der Waals surface area contributed by atoms with Crippen LogP contribution in [0, 0.1) is 6.92 Å². The number of fused-ring (bicyclic) bond motifs is 12. The molecule has 2 bridgehead atoms. The maximum absolute atomic E-state index is 2.62. The van der Waals surface area contributed by atoms with E-state index in [9.17, 15) is 0 Å². The van der Waals surface area contributed by atoms with Crippen molar-refractivity contribution in [1.29, 1.82) is 0 Å². The molecule has 0 fully saturated rings. The van der Waals surface area contributed by atoms with Gasteiger partial charge in [0.15, 0.2) is 0 Å². The van der Waals surface area contributed by atoms with E-state index in [-0.39, 0.29) is 17.5 Å². The van der Waals surface area contributed by atoms with Gasteiger partial charge in [0, 0.05) is 69.8 Å². The van der Waals surface area contributed by atoms with Crippen LogP contribution < -0.4 is 31.1 Å². The van der Waals surface area contributed by atoms with Gasteiger partial charge in [-0.1, -0.05) is 112 Å². The van der Waals surface area contributed by atoms with Crippen LogP contribution in [0.2, 0.25) is 0 Å². The minimum atomic E-state index is 0.0395. The third-order valence-corrected chi connectivity index (χ3v) is 16.3. The highest BCUT2D eigenvalue weighted by Crippen LogP contribution is 2.55. The Kier molecular flexibility index (Phi) is 7.59.